The minimum Gasteiger partial charge on any atom is -0.346 e. The van der Waals surface area contributed by atoms with Gasteiger partial charge in [-0.3, -0.25) is 10.1 Å². The second-order valence-electron chi connectivity index (χ2n) is 5.01. The van der Waals surface area contributed by atoms with E-state index < -0.39 is 24.7 Å². The minimum absolute atomic E-state index is 0.0258. The first kappa shape index (κ1) is 14.8. The van der Waals surface area contributed by atoms with E-state index in [1.54, 1.807) is 6.92 Å². The molecule has 0 radical (unpaired) electrons. The zero-order valence-electron chi connectivity index (χ0n) is 11.1. The van der Waals surface area contributed by atoms with Gasteiger partial charge in [0.05, 0.1) is 6.04 Å². The summed E-state index contributed by atoms with van der Waals surface area (Å²) in [6.07, 6.45) is -2.60. The van der Waals surface area contributed by atoms with Crippen molar-refractivity contribution >= 4 is 5.91 Å². The lowest BCUT2D eigenvalue weighted by atomic mass is 10.1. The number of alkyl halides is 3. The monoisotopic (exact) mass is 286 g/mol. The minimum atomic E-state index is -4.38. The molecular weight excluding hydrogens is 269 g/mol. The Labute approximate surface area is 115 Å². The van der Waals surface area contributed by atoms with Crippen molar-refractivity contribution in [1.82, 2.24) is 10.6 Å². The normalized spacial score (nSPS) is 19.5. The fourth-order valence-electron chi connectivity index (χ4n) is 2.45. The highest BCUT2D eigenvalue weighted by molar-refractivity contribution is 5.81. The molecule has 0 bridgehead atoms. The number of rotatable bonds is 4. The van der Waals surface area contributed by atoms with Crippen molar-refractivity contribution in [2.75, 3.05) is 6.54 Å². The lowest BCUT2D eigenvalue weighted by Crippen LogP contribution is -2.46. The summed E-state index contributed by atoms with van der Waals surface area (Å²) >= 11 is 0. The molecule has 0 saturated carbocycles. The first-order valence-electron chi connectivity index (χ1n) is 6.55. The van der Waals surface area contributed by atoms with E-state index in [9.17, 15) is 18.0 Å². The van der Waals surface area contributed by atoms with Crippen LogP contribution in [0.2, 0.25) is 0 Å². The Morgan fingerprint density at radius 3 is 2.80 bits per heavy atom. The summed E-state index contributed by atoms with van der Waals surface area (Å²) in [7, 11) is 0. The van der Waals surface area contributed by atoms with E-state index in [-0.39, 0.29) is 6.04 Å². The summed E-state index contributed by atoms with van der Waals surface area (Å²) in [6.45, 7) is 0.283. The van der Waals surface area contributed by atoms with Crippen LogP contribution in [0.25, 0.3) is 0 Å². The maximum Gasteiger partial charge on any atom is 0.405 e. The van der Waals surface area contributed by atoms with Gasteiger partial charge in [-0.15, -0.1) is 0 Å². The summed E-state index contributed by atoms with van der Waals surface area (Å²) in [5, 5.41) is 4.99. The van der Waals surface area contributed by atoms with Crippen LogP contribution in [0.1, 0.15) is 30.5 Å². The van der Waals surface area contributed by atoms with Crippen LogP contribution in [0.4, 0.5) is 13.2 Å². The predicted molar refractivity (Wildman–Crippen MR) is 69.2 cm³/mol. The van der Waals surface area contributed by atoms with Crippen LogP contribution in [0.15, 0.2) is 24.3 Å². The van der Waals surface area contributed by atoms with Crippen molar-refractivity contribution in [3.05, 3.63) is 35.4 Å². The number of halogens is 3. The molecule has 0 aliphatic heterocycles. The summed E-state index contributed by atoms with van der Waals surface area (Å²) in [5.74, 6) is -0.633. The fraction of sp³-hybridized carbons (Fsp3) is 0.500. The largest absolute Gasteiger partial charge is 0.405 e. The molecule has 0 heterocycles. The van der Waals surface area contributed by atoms with Gasteiger partial charge < -0.3 is 5.32 Å². The lowest BCUT2D eigenvalue weighted by Gasteiger charge is -2.20. The van der Waals surface area contributed by atoms with E-state index in [0.29, 0.717) is 0 Å². The third kappa shape index (κ3) is 3.72. The molecule has 1 aliphatic rings. The van der Waals surface area contributed by atoms with Gasteiger partial charge >= 0.3 is 6.18 Å². The molecule has 2 rings (SSSR count). The third-order valence-corrected chi connectivity index (χ3v) is 3.44. The maximum atomic E-state index is 12.0. The molecule has 1 aliphatic carbocycles. The van der Waals surface area contributed by atoms with Crippen molar-refractivity contribution < 1.29 is 18.0 Å². The Hall–Kier alpha value is -1.56. The summed E-state index contributed by atoms with van der Waals surface area (Å²) < 4.78 is 36.1. The van der Waals surface area contributed by atoms with Crippen molar-refractivity contribution in [2.45, 2.75) is 38.0 Å². The number of carbonyl (C=O) groups excluding carboxylic acids is 1. The van der Waals surface area contributed by atoms with Crippen LogP contribution in [0.3, 0.4) is 0 Å². The second-order valence-corrected chi connectivity index (χ2v) is 5.01. The van der Waals surface area contributed by atoms with Crippen molar-refractivity contribution in [3.63, 3.8) is 0 Å². The fourth-order valence-corrected chi connectivity index (χ4v) is 2.45. The van der Waals surface area contributed by atoms with Crippen LogP contribution in [-0.4, -0.2) is 24.7 Å². The highest BCUT2D eigenvalue weighted by atomic mass is 19.4. The molecule has 20 heavy (non-hydrogen) atoms. The molecule has 0 aromatic heterocycles. The average molecular weight is 286 g/mol. The van der Waals surface area contributed by atoms with Crippen LogP contribution in [-0.2, 0) is 11.2 Å². The molecule has 1 aromatic carbocycles. The molecule has 6 heteroatoms. The second kappa shape index (κ2) is 5.83. The molecule has 1 aromatic rings. The van der Waals surface area contributed by atoms with Crippen LogP contribution >= 0.6 is 0 Å². The van der Waals surface area contributed by atoms with Gasteiger partial charge in [-0.1, -0.05) is 24.3 Å². The third-order valence-electron chi connectivity index (χ3n) is 3.44. The Bertz CT molecular complexity index is 488. The number of amides is 1. The summed E-state index contributed by atoms with van der Waals surface area (Å²) in [4.78, 5) is 11.6. The Morgan fingerprint density at radius 2 is 2.10 bits per heavy atom. The number of fused-ring (bicyclic) bond motifs is 1. The van der Waals surface area contributed by atoms with Gasteiger partial charge in [-0.05, 0) is 30.9 Å². The smallest absolute Gasteiger partial charge is 0.346 e. The zero-order chi connectivity index (χ0) is 14.8. The van der Waals surface area contributed by atoms with Crippen molar-refractivity contribution in [1.29, 1.82) is 0 Å². The molecule has 2 N–H and O–H groups in total. The van der Waals surface area contributed by atoms with Crippen LogP contribution < -0.4 is 10.6 Å². The number of aryl methyl sites for hydroxylation is 1. The van der Waals surface area contributed by atoms with E-state index in [1.165, 1.54) is 5.56 Å². The number of carbonyl (C=O) groups is 1. The van der Waals surface area contributed by atoms with Crippen molar-refractivity contribution in [2.24, 2.45) is 0 Å². The summed E-state index contributed by atoms with van der Waals surface area (Å²) in [5.41, 5.74) is 2.36. The first-order valence-corrected chi connectivity index (χ1v) is 6.55. The zero-order valence-corrected chi connectivity index (χ0v) is 11.1. The molecule has 110 valence electrons. The molecule has 0 fully saturated rings. The van der Waals surface area contributed by atoms with E-state index >= 15 is 0 Å². The molecule has 2 atom stereocenters. The SMILES string of the molecule is CC(NC1CCc2ccccc21)C(=O)NCC(F)(F)F. The number of benzene rings is 1. The number of hydrogen-bond donors (Lipinski definition) is 2. The lowest BCUT2D eigenvalue weighted by molar-refractivity contribution is -0.139. The van der Waals surface area contributed by atoms with E-state index in [2.05, 4.69) is 5.32 Å². The first-order chi connectivity index (χ1) is 9.37. The van der Waals surface area contributed by atoms with Gasteiger partial charge in [0, 0.05) is 6.04 Å². The number of nitrogens with one attached hydrogen (secondary N) is 2. The topological polar surface area (TPSA) is 41.1 Å². The quantitative estimate of drug-likeness (QED) is 0.892. The Balaban J connectivity index is 1.89. The summed E-state index contributed by atoms with van der Waals surface area (Å²) in [6, 6.07) is 7.27. The van der Waals surface area contributed by atoms with E-state index in [1.807, 2.05) is 29.6 Å². The van der Waals surface area contributed by atoms with Gasteiger partial charge in [0.15, 0.2) is 0 Å². The Morgan fingerprint density at radius 1 is 1.40 bits per heavy atom. The highest BCUT2D eigenvalue weighted by Gasteiger charge is 2.30. The van der Waals surface area contributed by atoms with Gasteiger partial charge in [0.2, 0.25) is 5.91 Å². The Kier molecular flexibility index (Phi) is 4.32. The van der Waals surface area contributed by atoms with E-state index in [4.69, 9.17) is 0 Å². The van der Waals surface area contributed by atoms with Crippen molar-refractivity contribution in [3.8, 4) is 0 Å². The van der Waals surface area contributed by atoms with Crippen LogP contribution in [0, 0.1) is 0 Å². The molecule has 0 spiro atoms. The standard InChI is InChI=1S/C14H17F3N2O/c1-9(13(20)18-8-14(15,16)17)19-12-7-6-10-4-2-3-5-11(10)12/h2-5,9,12,19H,6-8H2,1H3,(H,18,20). The van der Waals surface area contributed by atoms with Gasteiger partial charge in [0.1, 0.15) is 6.54 Å². The molecule has 0 saturated heterocycles. The van der Waals surface area contributed by atoms with E-state index in [0.717, 1.165) is 18.4 Å². The molecule has 1 amide bonds. The maximum absolute atomic E-state index is 12.0. The molecule has 3 nitrogen and oxygen atoms in total. The number of hydrogen-bond acceptors (Lipinski definition) is 2. The predicted octanol–water partition coefficient (Wildman–Crippen LogP) is 2.33. The van der Waals surface area contributed by atoms with Crippen LogP contribution in [0.5, 0.6) is 0 Å². The molecular formula is C14H17F3N2O. The average Bonchev–Trinajstić information content (AvgIpc) is 2.78. The highest BCUT2D eigenvalue weighted by Crippen LogP contribution is 2.30. The van der Waals surface area contributed by atoms with Gasteiger partial charge in [-0.2, -0.15) is 13.2 Å². The van der Waals surface area contributed by atoms with Gasteiger partial charge in [0.25, 0.3) is 0 Å². The van der Waals surface area contributed by atoms with Gasteiger partial charge in [-0.25, -0.2) is 0 Å². The molecule has 2 unspecified atom stereocenters.